The van der Waals surface area contributed by atoms with Gasteiger partial charge in [0.25, 0.3) is 0 Å². The number of benzene rings is 3. The zero-order valence-corrected chi connectivity index (χ0v) is 23.1. The smallest absolute Gasteiger partial charge is 0.340 e. The zero-order valence-electron chi connectivity index (χ0n) is 23.1. The van der Waals surface area contributed by atoms with Crippen LogP contribution < -0.4 is 4.74 Å². The summed E-state index contributed by atoms with van der Waals surface area (Å²) in [6.07, 6.45) is 1.91. The number of para-hydroxylation sites is 2. The van der Waals surface area contributed by atoms with E-state index in [1.165, 1.54) is 5.56 Å². The van der Waals surface area contributed by atoms with Crippen LogP contribution in [-0.4, -0.2) is 58.3 Å². The normalized spacial score (nSPS) is 16.1. The molecule has 0 radical (unpaired) electrons. The number of ether oxygens (including phenoxy) is 2. The summed E-state index contributed by atoms with van der Waals surface area (Å²) < 4.78 is 11.9. The molecule has 2 heterocycles. The second-order valence-electron chi connectivity index (χ2n) is 10.8. The molecule has 7 heteroatoms. The minimum absolute atomic E-state index is 0.199. The number of nitrogens with zero attached hydrogens (tertiary/aromatic N) is 3. The summed E-state index contributed by atoms with van der Waals surface area (Å²) in [4.78, 5) is 24.7. The molecule has 0 bridgehead atoms. The number of esters is 1. The molecule has 1 unspecified atom stereocenters. The molecule has 3 aromatic carbocycles. The minimum Gasteiger partial charge on any atom is -0.490 e. The van der Waals surface area contributed by atoms with Gasteiger partial charge in [-0.1, -0.05) is 68.4 Å². The molecule has 208 valence electrons. The maximum atomic E-state index is 12.9. The van der Waals surface area contributed by atoms with Gasteiger partial charge >= 0.3 is 5.97 Å². The molecule has 4 aromatic rings. The molecule has 1 saturated heterocycles. The van der Waals surface area contributed by atoms with Crippen molar-refractivity contribution in [3.05, 3.63) is 102 Å². The van der Waals surface area contributed by atoms with E-state index in [0.717, 1.165) is 48.4 Å². The monoisotopic (exact) mass is 539 g/mol. The minimum atomic E-state index is -1.34. The molecule has 5 rings (SSSR count). The van der Waals surface area contributed by atoms with Gasteiger partial charge in [0, 0.05) is 18.7 Å². The number of aliphatic hydroxyl groups is 1. The Morgan fingerprint density at radius 2 is 1.60 bits per heavy atom. The Hall–Kier alpha value is -3.81. The van der Waals surface area contributed by atoms with Gasteiger partial charge in [-0.2, -0.15) is 0 Å². The summed E-state index contributed by atoms with van der Waals surface area (Å²) in [5.41, 5.74) is 4.60. The largest absolute Gasteiger partial charge is 0.490 e. The first-order valence-corrected chi connectivity index (χ1v) is 14.1. The van der Waals surface area contributed by atoms with Crippen LogP contribution in [0.4, 0.5) is 0 Å². The number of rotatable bonds is 10. The number of aromatic nitrogens is 2. The van der Waals surface area contributed by atoms with Crippen molar-refractivity contribution in [2.24, 2.45) is 0 Å². The maximum absolute atomic E-state index is 12.9. The predicted octanol–water partition coefficient (Wildman–Crippen LogP) is 5.66. The zero-order chi connectivity index (χ0) is 27.9. The van der Waals surface area contributed by atoms with Crippen LogP contribution in [0.3, 0.4) is 0 Å². The van der Waals surface area contributed by atoms with E-state index in [1.54, 1.807) is 24.3 Å². The van der Waals surface area contributed by atoms with Crippen LogP contribution in [0.25, 0.3) is 11.0 Å². The summed E-state index contributed by atoms with van der Waals surface area (Å²) in [5.74, 6) is 0.828. The Bertz CT molecular complexity index is 1390. The molecule has 1 aromatic heterocycles. The molecule has 1 fully saturated rings. The molecule has 7 nitrogen and oxygen atoms in total. The topological polar surface area (TPSA) is 84.8 Å². The third-order valence-electron chi connectivity index (χ3n) is 7.54. The van der Waals surface area contributed by atoms with Crippen LogP contribution in [-0.2, 0) is 9.53 Å². The van der Waals surface area contributed by atoms with Gasteiger partial charge in [-0.15, -0.1) is 0 Å². The highest BCUT2D eigenvalue weighted by atomic mass is 16.6. The summed E-state index contributed by atoms with van der Waals surface area (Å²) in [5, 5.41) is 10.6. The van der Waals surface area contributed by atoms with E-state index in [0.29, 0.717) is 23.9 Å². The Kier molecular flexibility index (Phi) is 9.04. The van der Waals surface area contributed by atoms with E-state index >= 15 is 0 Å². The second-order valence-corrected chi connectivity index (χ2v) is 10.8. The molecule has 2 atom stereocenters. The van der Waals surface area contributed by atoms with Gasteiger partial charge in [-0.3, -0.25) is 9.88 Å². The summed E-state index contributed by atoms with van der Waals surface area (Å²) >= 11 is 0. The summed E-state index contributed by atoms with van der Waals surface area (Å²) in [6.45, 7) is 6.71. The highest BCUT2D eigenvalue weighted by molar-refractivity contribution is 5.76. The van der Waals surface area contributed by atoms with Crippen molar-refractivity contribution in [3.63, 3.8) is 0 Å². The van der Waals surface area contributed by atoms with Crippen LogP contribution in [0.1, 0.15) is 61.4 Å². The Balaban J connectivity index is 1.22. The van der Waals surface area contributed by atoms with Crippen molar-refractivity contribution >= 4 is 17.0 Å². The third-order valence-corrected chi connectivity index (χ3v) is 7.54. The molecule has 40 heavy (non-hydrogen) atoms. The number of piperidine rings is 1. The van der Waals surface area contributed by atoms with Crippen LogP contribution >= 0.6 is 0 Å². The van der Waals surface area contributed by atoms with Crippen molar-refractivity contribution in [1.29, 1.82) is 0 Å². The Morgan fingerprint density at radius 3 is 2.30 bits per heavy atom. The van der Waals surface area contributed by atoms with Crippen molar-refractivity contribution < 1.29 is 19.4 Å². The number of carbonyl (C=O) groups excluding carboxylic acids is 1. The van der Waals surface area contributed by atoms with E-state index in [2.05, 4.69) is 35.9 Å². The van der Waals surface area contributed by atoms with Gasteiger partial charge in [0.2, 0.25) is 0 Å². The maximum Gasteiger partial charge on any atom is 0.340 e. The van der Waals surface area contributed by atoms with Crippen LogP contribution in [0.2, 0.25) is 0 Å². The first kappa shape index (κ1) is 27.7. The molecular formula is C33H37N3O4. The lowest BCUT2D eigenvalue weighted by atomic mass is 9.93. The number of likely N-dealkylation sites (tertiary alicyclic amines) is 1. The molecule has 0 spiro atoms. The first-order valence-electron chi connectivity index (χ1n) is 14.1. The average Bonchev–Trinajstić information content (AvgIpc) is 3.00. The van der Waals surface area contributed by atoms with E-state index < -0.39 is 18.2 Å². The fourth-order valence-corrected chi connectivity index (χ4v) is 5.13. The van der Waals surface area contributed by atoms with Crippen LogP contribution in [0.15, 0.2) is 85.1 Å². The number of hydrogen-bond donors (Lipinski definition) is 1. The highest BCUT2D eigenvalue weighted by Crippen LogP contribution is 2.28. The van der Waals surface area contributed by atoms with Crippen LogP contribution in [0.5, 0.6) is 5.75 Å². The average molecular weight is 540 g/mol. The molecule has 1 aliphatic rings. The lowest BCUT2D eigenvalue weighted by molar-refractivity contribution is -0.162. The highest BCUT2D eigenvalue weighted by Gasteiger charge is 2.28. The molecule has 1 N–H and O–H groups in total. The van der Waals surface area contributed by atoms with Gasteiger partial charge in [0.1, 0.15) is 18.5 Å². The summed E-state index contributed by atoms with van der Waals surface area (Å²) in [7, 11) is 0. The van der Waals surface area contributed by atoms with Crippen molar-refractivity contribution in [3.8, 4) is 5.75 Å². The van der Waals surface area contributed by atoms with Gasteiger partial charge < -0.3 is 14.6 Å². The molecular weight excluding hydrogens is 502 g/mol. The van der Waals surface area contributed by atoms with Crippen molar-refractivity contribution in [1.82, 2.24) is 14.9 Å². The fraction of sp³-hybridized carbons (Fsp3) is 0.364. The predicted molar refractivity (Wildman–Crippen MR) is 155 cm³/mol. The summed E-state index contributed by atoms with van der Waals surface area (Å²) in [6, 6.07) is 24.8. The lowest BCUT2D eigenvalue weighted by Crippen LogP contribution is -2.42. The number of carbonyl (C=O) groups is 1. The molecule has 0 aliphatic carbocycles. The number of hydrogen-bond acceptors (Lipinski definition) is 7. The van der Waals surface area contributed by atoms with Gasteiger partial charge in [0.05, 0.1) is 16.7 Å². The van der Waals surface area contributed by atoms with Crippen molar-refractivity contribution in [2.75, 3.05) is 26.2 Å². The molecule has 1 aliphatic heterocycles. The first-order chi connectivity index (χ1) is 19.5. The van der Waals surface area contributed by atoms with E-state index in [1.807, 2.05) is 48.7 Å². The second kappa shape index (κ2) is 13.0. The number of aliphatic hydroxyl groups excluding tert-OH is 1. The SMILES string of the molecule is CC(C)c1ccc(OC[C@H](CN2CCC(c3cnc4ccccc4n3)CC2)OC(=O)C(O)c2ccccc2)cc1. The van der Waals surface area contributed by atoms with Crippen molar-refractivity contribution in [2.45, 2.75) is 50.7 Å². The van der Waals surface area contributed by atoms with E-state index in [9.17, 15) is 9.90 Å². The Labute approximate surface area is 235 Å². The van der Waals surface area contributed by atoms with Gasteiger partial charge in [0.15, 0.2) is 6.10 Å². The number of fused-ring (bicyclic) bond motifs is 1. The molecule has 0 amide bonds. The van der Waals surface area contributed by atoms with Gasteiger partial charge in [-0.05, 0) is 67.2 Å². The van der Waals surface area contributed by atoms with E-state index in [4.69, 9.17) is 14.5 Å². The lowest BCUT2D eigenvalue weighted by Gasteiger charge is -2.34. The Morgan fingerprint density at radius 1 is 0.925 bits per heavy atom. The van der Waals surface area contributed by atoms with Crippen LogP contribution in [0, 0.1) is 0 Å². The standard InChI is InChI=1S/C33H37N3O4/c1-23(2)24-12-14-27(15-13-24)39-22-28(40-33(38)32(37)26-8-4-3-5-9-26)21-36-18-16-25(17-19-36)31-20-34-29-10-6-7-11-30(29)35-31/h3-15,20,23,25,28,32,37H,16-19,21-22H2,1-2H3/t28-,32?/m0/s1. The van der Waals surface area contributed by atoms with Gasteiger partial charge in [-0.25, -0.2) is 9.78 Å². The quantitative estimate of drug-likeness (QED) is 0.261. The van der Waals surface area contributed by atoms with E-state index in [-0.39, 0.29) is 6.61 Å². The third kappa shape index (κ3) is 7.03. The molecule has 0 saturated carbocycles. The fourth-order valence-electron chi connectivity index (χ4n) is 5.13.